The lowest BCUT2D eigenvalue weighted by Gasteiger charge is -2.13. The van der Waals surface area contributed by atoms with Gasteiger partial charge < -0.3 is 15.2 Å². The molecule has 9 heteroatoms. The molecule has 1 amide bonds. The number of carboxylic acids is 1. The van der Waals surface area contributed by atoms with Crippen LogP contribution >= 0.6 is 0 Å². The molecule has 0 unspecified atom stereocenters. The predicted molar refractivity (Wildman–Crippen MR) is 107 cm³/mol. The van der Waals surface area contributed by atoms with Gasteiger partial charge in [0.15, 0.2) is 5.69 Å². The van der Waals surface area contributed by atoms with Crippen molar-refractivity contribution in [1.29, 1.82) is 0 Å². The van der Waals surface area contributed by atoms with Gasteiger partial charge in [0.05, 0.1) is 17.4 Å². The first-order valence-corrected chi connectivity index (χ1v) is 8.96. The molecule has 0 fully saturated rings. The second-order valence-electron chi connectivity index (χ2n) is 6.56. The second-order valence-corrected chi connectivity index (χ2v) is 6.56. The summed E-state index contributed by atoms with van der Waals surface area (Å²) in [5.74, 6) is -2.48. The molecule has 1 heterocycles. The number of benzene rings is 2. The summed E-state index contributed by atoms with van der Waals surface area (Å²) in [6, 6.07) is 10.9. The second kappa shape index (κ2) is 8.56. The van der Waals surface area contributed by atoms with Crippen molar-refractivity contribution in [3.63, 3.8) is 0 Å². The molecule has 0 aliphatic rings. The molecule has 0 aliphatic heterocycles. The number of ether oxygens (including phenoxy) is 1. The van der Waals surface area contributed by atoms with Crippen LogP contribution in [0.25, 0.3) is 5.69 Å². The summed E-state index contributed by atoms with van der Waals surface area (Å²) in [7, 11) is 0. The summed E-state index contributed by atoms with van der Waals surface area (Å²) in [5.41, 5.74) is -1.41. The minimum absolute atomic E-state index is 0.0360. The summed E-state index contributed by atoms with van der Waals surface area (Å²) in [6.45, 7) is 3.58. The number of hydrogen-bond donors (Lipinski definition) is 2. The number of para-hydroxylation sites is 1. The number of carbonyl (C=O) groups is 2. The van der Waals surface area contributed by atoms with Crippen LogP contribution in [0.5, 0.6) is 5.75 Å². The van der Waals surface area contributed by atoms with Gasteiger partial charge in [0, 0.05) is 12.3 Å². The number of rotatable bonds is 6. The molecule has 2 aromatic carbocycles. The Hall–Kier alpha value is -4.01. The van der Waals surface area contributed by atoms with E-state index < -0.39 is 28.8 Å². The maximum atomic E-state index is 14.0. The minimum Gasteiger partial charge on any atom is -0.491 e. The summed E-state index contributed by atoms with van der Waals surface area (Å²) in [6.07, 6.45) is 1.07. The molecule has 0 bridgehead atoms. The zero-order valence-electron chi connectivity index (χ0n) is 16.1. The van der Waals surface area contributed by atoms with Gasteiger partial charge in [-0.2, -0.15) is 5.10 Å². The third kappa shape index (κ3) is 4.52. The molecule has 0 atom stereocenters. The van der Waals surface area contributed by atoms with Crippen molar-refractivity contribution in [3.05, 3.63) is 82.0 Å². The number of carboxylic acid groups (broad SMARTS) is 1. The van der Waals surface area contributed by atoms with Gasteiger partial charge in [0.25, 0.3) is 5.91 Å². The maximum Gasteiger partial charge on any atom is 0.337 e. The quantitative estimate of drug-likeness (QED) is 0.645. The Labute approximate surface area is 170 Å². The lowest BCUT2D eigenvalue weighted by atomic mass is 10.1. The van der Waals surface area contributed by atoms with E-state index in [-0.39, 0.29) is 23.0 Å². The number of anilines is 1. The maximum absolute atomic E-state index is 14.0. The minimum atomic E-state index is -1.29. The molecule has 3 aromatic rings. The van der Waals surface area contributed by atoms with E-state index in [1.165, 1.54) is 42.6 Å². The van der Waals surface area contributed by atoms with Gasteiger partial charge in [-0.05, 0) is 44.2 Å². The zero-order valence-corrected chi connectivity index (χ0v) is 16.1. The monoisotopic (exact) mass is 411 g/mol. The first kappa shape index (κ1) is 20.7. The van der Waals surface area contributed by atoms with Crippen molar-refractivity contribution in [2.45, 2.75) is 20.0 Å². The van der Waals surface area contributed by atoms with E-state index in [1.54, 1.807) is 19.9 Å². The SMILES string of the molecule is CC(C)Oc1ccc(NC(=O)c2nn(-c3ccccc3F)ccc2=O)c(C(=O)O)c1. The molecule has 2 N–H and O–H groups in total. The van der Waals surface area contributed by atoms with E-state index in [0.29, 0.717) is 5.75 Å². The number of halogens is 1. The van der Waals surface area contributed by atoms with E-state index >= 15 is 0 Å². The largest absolute Gasteiger partial charge is 0.491 e. The van der Waals surface area contributed by atoms with Crippen LogP contribution in [0.2, 0.25) is 0 Å². The van der Waals surface area contributed by atoms with Crippen molar-refractivity contribution in [2.24, 2.45) is 0 Å². The van der Waals surface area contributed by atoms with Crippen molar-refractivity contribution >= 4 is 17.6 Å². The number of carbonyl (C=O) groups excluding carboxylic acids is 1. The van der Waals surface area contributed by atoms with E-state index in [9.17, 15) is 23.9 Å². The fourth-order valence-electron chi connectivity index (χ4n) is 2.67. The summed E-state index contributed by atoms with van der Waals surface area (Å²) >= 11 is 0. The molecule has 0 saturated carbocycles. The number of aromatic carboxylic acids is 1. The normalized spacial score (nSPS) is 10.7. The molecule has 3 rings (SSSR count). The average molecular weight is 411 g/mol. The fraction of sp³-hybridized carbons (Fsp3) is 0.143. The number of hydrogen-bond acceptors (Lipinski definition) is 5. The lowest BCUT2D eigenvalue weighted by Crippen LogP contribution is -2.26. The average Bonchev–Trinajstić information content (AvgIpc) is 2.69. The van der Waals surface area contributed by atoms with Crippen LogP contribution in [0.1, 0.15) is 34.7 Å². The van der Waals surface area contributed by atoms with Crippen molar-refractivity contribution in [2.75, 3.05) is 5.32 Å². The lowest BCUT2D eigenvalue weighted by molar-refractivity contribution is 0.0697. The topological polar surface area (TPSA) is 111 Å². The van der Waals surface area contributed by atoms with Gasteiger partial charge in [-0.1, -0.05) is 12.1 Å². The summed E-state index contributed by atoms with van der Waals surface area (Å²) < 4.78 is 20.5. The molecule has 0 radical (unpaired) electrons. The number of nitrogens with zero attached hydrogens (tertiary/aromatic N) is 2. The van der Waals surface area contributed by atoms with E-state index in [1.807, 2.05) is 0 Å². The van der Waals surface area contributed by atoms with E-state index in [0.717, 1.165) is 10.7 Å². The van der Waals surface area contributed by atoms with Gasteiger partial charge in [-0.15, -0.1) is 0 Å². The van der Waals surface area contributed by atoms with Crippen LogP contribution in [0, 0.1) is 5.82 Å². The van der Waals surface area contributed by atoms with Crippen molar-refractivity contribution in [3.8, 4) is 11.4 Å². The van der Waals surface area contributed by atoms with Crippen LogP contribution in [0.15, 0.2) is 59.5 Å². The highest BCUT2D eigenvalue weighted by atomic mass is 19.1. The first-order valence-electron chi connectivity index (χ1n) is 8.96. The van der Waals surface area contributed by atoms with Crippen LogP contribution in [0.3, 0.4) is 0 Å². The van der Waals surface area contributed by atoms with Crippen LogP contribution in [-0.2, 0) is 0 Å². The Kier molecular flexibility index (Phi) is 5.91. The van der Waals surface area contributed by atoms with Crippen LogP contribution in [-0.4, -0.2) is 32.9 Å². The van der Waals surface area contributed by atoms with Crippen LogP contribution in [0.4, 0.5) is 10.1 Å². The van der Waals surface area contributed by atoms with Crippen molar-refractivity contribution in [1.82, 2.24) is 9.78 Å². The highest BCUT2D eigenvalue weighted by molar-refractivity contribution is 6.06. The first-order chi connectivity index (χ1) is 14.3. The standard InChI is InChI=1S/C21H18FN3O5/c1-12(2)30-13-7-8-16(14(11-13)21(28)29)23-20(27)19-18(26)9-10-25(24-19)17-6-4-3-5-15(17)22/h3-12H,1-2H3,(H,23,27)(H,28,29). The third-order valence-electron chi connectivity index (χ3n) is 3.96. The van der Waals surface area contributed by atoms with Gasteiger partial charge in [0.1, 0.15) is 17.3 Å². The summed E-state index contributed by atoms with van der Waals surface area (Å²) in [5, 5.41) is 15.7. The molecule has 0 saturated heterocycles. The van der Waals surface area contributed by atoms with Gasteiger partial charge >= 0.3 is 5.97 Å². The van der Waals surface area contributed by atoms with Gasteiger partial charge in [-0.3, -0.25) is 9.59 Å². The highest BCUT2D eigenvalue weighted by Crippen LogP contribution is 2.23. The number of nitrogens with one attached hydrogen (secondary N) is 1. The third-order valence-corrected chi connectivity index (χ3v) is 3.96. The molecular weight excluding hydrogens is 393 g/mol. The Bertz CT molecular complexity index is 1170. The summed E-state index contributed by atoms with van der Waals surface area (Å²) in [4.78, 5) is 36.4. The smallest absolute Gasteiger partial charge is 0.337 e. The van der Waals surface area contributed by atoms with Crippen molar-refractivity contribution < 1.29 is 23.8 Å². The number of amides is 1. The fourth-order valence-corrected chi connectivity index (χ4v) is 2.67. The van der Waals surface area contributed by atoms with Gasteiger partial charge in [-0.25, -0.2) is 13.9 Å². The van der Waals surface area contributed by atoms with E-state index in [4.69, 9.17) is 4.74 Å². The Morgan fingerprint density at radius 2 is 1.90 bits per heavy atom. The van der Waals surface area contributed by atoms with Crippen LogP contribution < -0.4 is 15.5 Å². The Balaban J connectivity index is 1.95. The molecule has 0 aliphatic carbocycles. The predicted octanol–water partition coefficient (Wildman–Crippen LogP) is 3.11. The molecule has 8 nitrogen and oxygen atoms in total. The molecular formula is C21H18FN3O5. The Morgan fingerprint density at radius 3 is 2.57 bits per heavy atom. The molecule has 30 heavy (non-hydrogen) atoms. The zero-order chi connectivity index (χ0) is 21.8. The number of aromatic nitrogens is 2. The highest BCUT2D eigenvalue weighted by Gasteiger charge is 2.19. The Morgan fingerprint density at radius 1 is 1.17 bits per heavy atom. The molecule has 154 valence electrons. The molecule has 0 spiro atoms. The van der Waals surface area contributed by atoms with Gasteiger partial charge in [0.2, 0.25) is 5.43 Å². The molecule has 1 aromatic heterocycles. The van der Waals surface area contributed by atoms with E-state index in [2.05, 4.69) is 10.4 Å².